The monoisotopic (exact) mass is 460 g/mol. The van der Waals surface area contributed by atoms with Crippen molar-refractivity contribution in [3.8, 4) is 5.75 Å². The van der Waals surface area contributed by atoms with Crippen molar-refractivity contribution < 1.29 is 27.8 Å². The zero-order valence-corrected chi connectivity index (χ0v) is 18.5. The van der Waals surface area contributed by atoms with Crippen LogP contribution in [-0.2, 0) is 14.2 Å². The van der Waals surface area contributed by atoms with E-state index in [0.29, 0.717) is 32.1 Å². The second-order valence-electron chi connectivity index (χ2n) is 9.52. The number of hydrogen-bond acceptors (Lipinski definition) is 9. The van der Waals surface area contributed by atoms with Gasteiger partial charge in [-0.2, -0.15) is 0 Å². The van der Waals surface area contributed by atoms with Crippen LogP contribution in [0, 0.1) is 5.82 Å². The molecule has 1 aromatic carbocycles. The second kappa shape index (κ2) is 8.83. The van der Waals surface area contributed by atoms with Crippen LogP contribution in [0.15, 0.2) is 29.0 Å². The minimum absolute atomic E-state index is 0.107. The Labute approximate surface area is 191 Å². The van der Waals surface area contributed by atoms with Gasteiger partial charge in [0.15, 0.2) is 0 Å². The third-order valence-corrected chi connectivity index (χ3v) is 7.29. The van der Waals surface area contributed by atoms with Crippen LogP contribution in [0.5, 0.6) is 5.75 Å². The van der Waals surface area contributed by atoms with E-state index < -0.39 is 0 Å². The fourth-order valence-corrected chi connectivity index (χ4v) is 5.60. The topological polar surface area (TPSA) is 82.3 Å². The Kier molecular flexibility index (Phi) is 5.69. The molecule has 0 N–H and O–H groups in total. The summed E-state index contributed by atoms with van der Waals surface area (Å²) in [6.07, 6.45) is 4.14. The molecule has 1 atom stereocenters. The molecule has 4 fully saturated rings. The lowest BCUT2D eigenvalue weighted by molar-refractivity contribution is -0.143. The first kappa shape index (κ1) is 21.3. The van der Waals surface area contributed by atoms with Gasteiger partial charge in [-0.15, -0.1) is 5.10 Å². The van der Waals surface area contributed by atoms with Gasteiger partial charge < -0.3 is 28.3 Å². The number of rotatable bonds is 5. The van der Waals surface area contributed by atoms with E-state index in [-0.39, 0.29) is 23.4 Å². The normalized spacial score (nSPS) is 26.6. The molecule has 4 saturated heterocycles. The third kappa shape index (κ3) is 4.32. The predicted octanol–water partition coefficient (Wildman–Crippen LogP) is 2.19. The van der Waals surface area contributed by atoms with Gasteiger partial charge in [0.2, 0.25) is 6.39 Å². The molecule has 4 aliphatic rings. The smallest absolute Gasteiger partial charge is 0.318 e. The van der Waals surface area contributed by atoms with Gasteiger partial charge in [0, 0.05) is 11.6 Å². The first-order valence-corrected chi connectivity index (χ1v) is 11.7. The maximum Gasteiger partial charge on any atom is 0.318 e. The van der Waals surface area contributed by atoms with Crippen molar-refractivity contribution in [3.63, 3.8) is 0 Å². The molecule has 33 heavy (non-hydrogen) atoms. The Balaban J connectivity index is 1.05. The van der Waals surface area contributed by atoms with Crippen LogP contribution < -0.4 is 9.64 Å². The molecule has 0 saturated carbocycles. The fourth-order valence-electron chi connectivity index (χ4n) is 5.60. The lowest BCUT2D eigenvalue weighted by atomic mass is 9.86. The van der Waals surface area contributed by atoms with Crippen LogP contribution >= 0.6 is 0 Å². The molecule has 1 unspecified atom stereocenters. The van der Waals surface area contributed by atoms with Crippen LogP contribution in [0.3, 0.4) is 0 Å². The minimum atomic E-state index is -0.224. The van der Waals surface area contributed by atoms with E-state index >= 15 is 0 Å². The summed E-state index contributed by atoms with van der Waals surface area (Å²) in [5.74, 6) is 0.788. The molecular formula is C23H29FN4O5. The summed E-state index contributed by atoms with van der Waals surface area (Å²) in [6.45, 7) is 5.54. The Morgan fingerprint density at radius 2 is 1.91 bits per heavy atom. The van der Waals surface area contributed by atoms with Crippen LogP contribution in [-0.4, -0.2) is 85.6 Å². The Bertz CT molecular complexity index is 940. The number of aromatic nitrogens is 2. The molecule has 6 rings (SSSR count). The highest BCUT2D eigenvalue weighted by Crippen LogP contribution is 2.41. The zero-order chi connectivity index (χ0) is 22.3. The molecule has 2 aromatic rings. The number of hydrogen-bond donors (Lipinski definition) is 0. The SMILES string of the molecule is Fc1ccc(OC2COCOC2)c(C2CCN(C3COC4(C3)CN(c3nnco3)C4)CC2)c1. The molecule has 0 bridgehead atoms. The highest BCUT2D eigenvalue weighted by molar-refractivity contribution is 5.38. The molecule has 9 nitrogen and oxygen atoms in total. The summed E-state index contributed by atoms with van der Waals surface area (Å²) in [7, 11) is 0. The molecule has 1 spiro atoms. The van der Waals surface area contributed by atoms with E-state index in [1.54, 1.807) is 12.1 Å². The predicted molar refractivity (Wildman–Crippen MR) is 115 cm³/mol. The molecule has 1 aromatic heterocycles. The number of benzene rings is 1. The Hall–Kier alpha value is -2.27. The van der Waals surface area contributed by atoms with Gasteiger partial charge >= 0.3 is 6.01 Å². The van der Waals surface area contributed by atoms with Crippen molar-refractivity contribution in [2.45, 2.75) is 42.9 Å². The molecule has 0 amide bonds. The molecule has 10 heteroatoms. The highest BCUT2D eigenvalue weighted by atomic mass is 19.1. The van der Waals surface area contributed by atoms with E-state index in [0.717, 1.165) is 63.4 Å². The van der Waals surface area contributed by atoms with Crippen LogP contribution in [0.4, 0.5) is 10.4 Å². The molecule has 5 heterocycles. The standard InChI is InChI=1S/C23H29FN4O5/c24-17-1-2-21(33-19-10-29-15-30-11-19)20(7-17)16-3-5-27(6-4-16)18-8-23(32-9-18)12-28(13-23)22-26-25-14-31-22/h1-2,7,14,16,18-19H,3-6,8-13,15H2. The maximum absolute atomic E-state index is 14.1. The molecule has 0 radical (unpaired) electrons. The van der Waals surface area contributed by atoms with Crippen molar-refractivity contribution in [1.29, 1.82) is 0 Å². The van der Waals surface area contributed by atoms with E-state index in [4.69, 9.17) is 23.4 Å². The summed E-state index contributed by atoms with van der Waals surface area (Å²) >= 11 is 0. The molecule has 4 aliphatic heterocycles. The number of likely N-dealkylation sites (tertiary alicyclic amines) is 1. The second-order valence-corrected chi connectivity index (χ2v) is 9.52. The Morgan fingerprint density at radius 3 is 2.67 bits per heavy atom. The van der Waals surface area contributed by atoms with Gasteiger partial charge in [0.25, 0.3) is 0 Å². The number of piperidine rings is 1. The van der Waals surface area contributed by atoms with Gasteiger partial charge in [0.1, 0.15) is 30.1 Å². The van der Waals surface area contributed by atoms with Crippen molar-refractivity contribution in [1.82, 2.24) is 15.1 Å². The van der Waals surface area contributed by atoms with Crippen molar-refractivity contribution in [2.75, 3.05) is 57.7 Å². The van der Waals surface area contributed by atoms with Crippen molar-refractivity contribution in [2.24, 2.45) is 0 Å². The zero-order valence-electron chi connectivity index (χ0n) is 18.5. The fraction of sp³-hybridized carbons (Fsp3) is 0.652. The van der Waals surface area contributed by atoms with E-state index in [1.165, 1.54) is 12.5 Å². The van der Waals surface area contributed by atoms with E-state index in [1.807, 2.05) is 0 Å². The van der Waals surface area contributed by atoms with Gasteiger partial charge in [0.05, 0.1) is 32.9 Å². The average molecular weight is 461 g/mol. The quantitative estimate of drug-likeness (QED) is 0.667. The van der Waals surface area contributed by atoms with Crippen molar-refractivity contribution >= 4 is 6.01 Å². The summed E-state index contributed by atoms with van der Waals surface area (Å²) in [4.78, 5) is 4.60. The number of halogens is 1. The van der Waals surface area contributed by atoms with E-state index in [2.05, 4.69) is 20.0 Å². The van der Waals surface area contributed by atoms with E-state index in [9.17, 15) is 4.39 Å². The first-order valence-electron chi connectivity index (χ1n) is 11.7. The minimum Gasteiger partial charge on any atom is -0.485 e. The summed E-state index contributed by atoms with van der Waals surface area (Å²) in [6, 6.07) is 5.81. The van der Waals surface area contributed by atoms with Gasteiger partial charge in [-0.05, 0) is 56.5 Å². The van der Waals surface area contributed by atoms with Crippen molar-refractivity contribution in [3.05, 3.63) is 36.0 Å². The lowest BCUT2D eigenvalue weighted by Crippen LogP contribution is -2.62. The highest BCUT2D eigenvalue weighted by Gasteiger charge is 2.52. The molecular weight excluding hydrogens is 431 g/mol. The van der Waals surface area contributed by atoms with Crippen LogP contribution in [0.25, 0.3) is 0 Å². The van der Waals surface area contributed by atoms with Gasteiger partial charge in [-0.3, -0.25) is 4.90 Å². The number of ether oxygens (including phenoxy) is 4. The Morgan fingerprint density at radius 1 is 1.09 bits per heavy atom. The summed E-state index contributed by atoms with van der Waals surface area (Å²) < 4.78 is 42.5. The summed E-state index contributed by atoms with van der Waals surface area (Å²) in [5, 5.41) is 7.73. The molecule has 0 aliphatic carbocycles. The molecule has 178 valence electrons. The number of nitrogens with zero attached hydrogens (tertiary/aromatic N) is 4. The average Bonchev–Trinajstić information content (AvgIpc) is 3.51. The van der Waals surface area contributed by atoms with Crippen LogP contribution in [0.2, 0.25) is 0 Å². The maximum atomic E-state index is 14.1. The largest absolute Gasteiger partial charge is 0.485 e. The third-order valence-electron chi connectivity index (χ3n) is 7.29. The summed E-state index contributed by atoms with van der Waals surface area (Å²) in [5.41, 5.74) is 0.845. The van der Waals surface area contributed by atoms with Gasteiger partial charge in [-0.25, -0.2) is 4.39 Å². The lowest BCUT2D eigenvalue weighted by Gasteiger charge is -2.46. The van der Waals surface area contributed by atoms with Gasteiger partial charge in [-0.1, -0.05) is 5.10 Å². The number of anilines is 1. The first-order chi connectivity index (χ1) is 16.2. The van der Waals surface area contributed by atoms with Crippen LogP contribution in [0.1, 0.15) is 30.7 Å².